The standard InChI is InChI=1S/C23H28N4O2S/c1-6-27-21(13-29-20-10-8-16(3)12-18(20)5)25-26-23(27)30-14-22(28)24-19-9-7-15(2)11-17(19)4/h7-12H,6,13-14H2,1-5H3,(H,24,28). The fourth-order valence-electron chi connectivity index (χ4n) is 3.22. The predicted octanol–water partition coefficient (Wildman–Crippen LogP) is 4.84. The molecule has 0 radical (unpaired) electrons. The van der Waals surface area contributed by atoms with Gasteiger partial charge in [-0.2, -0.15) is 0 Å². The molecule has 0 aliphatic carbocycles. The number of nitrogens with one attached hydrogen (secondary N) is 1. The van der Waals surface area contributed by atoms with Crippen LogP contribution in [0.2, 0.25) is 0 Å². The summed E-state index contributed by atoms with van der Waals surface area (Å²) < 4.78 is 7.93. The molecule has 7 heteroatoms. The Balaban J connectivity index is 1.60. The zero-order valence-corrected chi connectivity index (χ0v) is 19.0. The minimum atomic E-state index is -0.0642. The maximum absolute atomic E-state index is 12.4. The summed E-state index contributed by atoms with van der Waals surface area (Å²) in [6, 6.07) is 12.1. The number of anilines is 1. The Morgan fingerprint density at radius 3 is 2.40 bits per heavy atom. The largest absolute Gasteiger partial charge is 0.485 e. The molecule has 3 aromatic rings. The predicted molar refractivity (Wildman–Crippen MR) is 121 cm³/mol. The summed E-state index contributed by atoms with van der Waals surface area (Å²) in [5, 5.41) is 12.2. The number of aryl methyl sites for hydroxylation is 4. The lowest BCUT2D eigenvalue weighted by molar-refractivity contribution is -0.113. The summed E-state index contributed by atoms with van der Waals surface area (Å²) in [6.45, 7) is 11.2. The van der Waals surface area contributed by atoms with E-state index < -0.39 is 0 Å². The van der Waals surface area contributed by atoms with Crippen LogP contribution < -0.4 is 10.1 Å². The van der Waals surface area contributed by atoms with Crippen molar-refractivity contribution >= 4 is 23.4 Å². The summed E-state index contributed by atoms with van der Waals surface area (Å²) in [4.78, 5) is 12.4. The van der Waals surface area contributed by atoms with Crippen LogP contribution >= 0.6 is 11.8 Å². The molecule has 3 rings (SSSR count). The third-order valence-electron chi connectivity index (χ3n) is 4.79. The minimum Gasteiger partial charge on any atom is -0.485 e. The van der Waals surface area contributed by atoms with Gasteiger partial charge in [0.15, 0.2) is 11.0 Å². The number of ether oxygens (including phenoxy) is 1. The van der Waals surface area contributed by atoms with Crippen molar-refractivity contribution < 1.29 is 9.53 Å². The van der Waals surface area contributed by atoms with Gasteiger partial charge in [-0.25, -0.2) is 0 Å². The number of carbonyl (C=O) groups is 1. The van der Waals surface area contributed by atoms with Gasteiger partial charge in [-0.15, -0.1) is 10.2 Å². The molecule has 30 heavy (non-hydrogen) atoms. The molecule has 2 aromatic carbocycles. The van der Waals surface area contributed by atoms with Crippen molar-refractivity contribution in [1.82, 2.24) is 14.8 Å². The van der Waals surface area contributed by atoms with Crippen LogP contribution in [0, 0.1) is 27.7 Å². The van der Waals surface area contributed by atoms with E-state index in [4.69, 9.17) is 4.74 Å². The van der Waals surface area contributed by atoms with Crippen LogP contribution in [0.25, 0.3) is 0 Å². The molecule has 1 aromatic heterocycles. The van der Waals surface area contributed by atoms with Crippen molar-refractivity contribution in [2.24, 2.45) is 0 Å². The fraction of sp³-hybridized carbons (Fsp3) is 0.348. The molecule has 0 aliphatic heterocycles. The van der Waals surface area contributed by atoms with Crippen LogP contribution in [0.4, 0.5) is 5.69 Å². The number of hydrogen-bond donors (Lipinski definition) is 1. The molecule has 0 saturated carbocycles. The maximum atomic E-state index is 12.4. The quantitative estimate of drug-likeness (QED) is 0.524. The summed E-state index contributed by atoms with van der Waals surface area (Å²) >= 11 is 1.38. The summed E-state index contributed by atoms with van der Waals surface area (Å²) in [7, 11) is 0. The Kier molecular flexibility index (Phi) is 7.15. The van der Waals surface area contributed by atoms with Crippen LogP contribution in [0.5, 0.6) is 5.75 Å². The normalized spacial score (nSPS) is 10.8. The van der Waals surface area contributed by atoms with Crippen LogP contribution in [0.15, 0.2) is 41.6 Å². The first kappa shape index (κ1) is 21.9. The molecule has 0 saturated heterocycles. The van der Waals surface area contributed by atoms with E-state index in [2.05, 4.69) is 34.6 Å². The first-order valence-electron chi connectivity index (χ1n) is 9.99. The van der Waals surface area contributed by atoms with E-state index in [1.54, 1.807) is 0 Å². The molecule has 0 unspecified atom stereocenters. The van der Waals surface area contributed by atoms with E-state index in [1.165, 1.54) is 22.9 Å². The molecule has 0 spiro atoms. The number of carbonyl (C=O) groups excluding carboxylic acids is 1. The van der Waals surface area contributed by atoms with Gasteiger partial charge < -0.3 is 14.6 Å². The number of rotatable bonds is 8. The Labute approximate surface area is 182 Å². The Bertz CT molecular complexity index is 1050. The molecule has 0 aliphatic rings. The molecule has 1 heterocycles. The average Bonchev–Trinajstić information content (AvgIpc) is 3.09. The summed E-state index contributed by atoms with van der Waals surface area (Å²) in [5.41, 5.74) is 5.36. The lowest BCUT2D eigenvalue weighted by Gasteiger charge is -2.11. The van der Waals surface area contributed by atoms with Gasteiger partial charge in [0.05, 0.1) is 5.75 Å². The first-order chi connectivity index (χ1) is 14.4. The van der Waals surface area contributed by atoms with E-state index in [-0.39, 0.29) is 11.7 Å². The average molecular weight is 425 g/mol. The van der Waals surface area contributed by atoms with Crippen molar-refractivity contribution in [1.29, 1.82) is 0 Å². The van der Waals surface area contributed by atoms with Gasteiger partial charge in [-0.1, -0.05) is 47.2 Å². The van der Waals surface area contributed by atoms with Gasteiger partial charge in [-0.3, -0.25) is 4.79 Å². The second kappa shape index (κ2) is 9.80. The monoisotopic (exact) mass is 424 g/mol. The van der Waals surface area contributed by atoms with Crippen molar-refractivity contribution in [3.05, 3.63) is 64.5 Å². The second-order valence-electron chi connectivity index (χ2n) is 7.36. The van der Waals surface area contributed by atoms with Gasteiger partial charge in [0, 0.05) is 12.2 Å². The highest BCUT2D eigenvalue weighted by Crippen LogP contribution is 2.22. The lowest BCUT2D eigenvalue weighted by atomic mass is 10.1. The molecule has 158 valence electrons. The Hall–Kier alpha value is -2.80. The van der Waals surface area contributed by atoms with Crippen LogP contribution in [-0.4, -0.2) is 26.4 Å². The van der Waals surface area contributed by atoms with Gasteiger partial charge in [0.25, 0.3) is 0 Å². The van der Waals surface area contributed by atoms with E-state index in [0.29, 0.717) is 18.3 Å². The summed E-state index contributed by atoms with van der Waals surface area (Å²) in [6.07, 6.45) is 0. The number of thioether (sulfide) groups is 1. The minimum absolute atomic E-state index is 0.0642. The third kappa shape index (κ3) is 5.42. The molecule has 0 atom stereocenters. The van der Waals surface area contributed by atoms with Gasteiger partial charge in [0.2, 0.25) is 5.91 Å². The molecular weight excluding hydrogens is 396 g/mol. The zero-order valence-electron chi connectivity index (χ0n) is 18.2. The van der Waals surface area contributed by atoms with Gasteiger partial charge >= 0.3 is 0 Å². The SMILES string of the molecule is CCn1c(COc2ccc(C)cc2C)nnc1SCC(=O)Nc1ccc(C)cc1C. The smallest absolute Gasteiger partial charge is 0.234 e. The maximum Gasteiger partial charge on any atom is 0.234 e. The highest BCUT2D eigenvalue weighted by molar-refractivity contribution is 7.99. The second-order valence-corrected chi connectivity index (χ2v) is 8.30. The van der Waals surface area contributed by atoms with E-state index in [0.717, 1.165) is 28.4 Å². The molecule has 0 fully saturated rings. The Morgan fingerprint density at radius 2 is 1.73 bits per heavy atom. The van der Waals surface area contributed by atoms with Gasteiger partial charge in [-0.05, 0) is 57.9 Å². The highest BCUT2D eigenvalue weighted by Gasteiger charge is 2.14. The number of benzene rings is 2. The zero-order chi connectivity index (χ0) is 21.7. The molecule has 6 nitrogen and oxygen atoms in total. The molecule has 0 bridgehead atoms. The van der Waals surface area contributed by atoms with E-state index >= 15 is 0 Å². The van der Waals surface area contributed by atoms with Crippen molar-refractivity contribution in [2.45, 2.75) is 52.9 Å². The Morgan fingerprint density at radius 1 is 1.03 bits per heavy atom. The topological polar surface area (TPSA) is 69.0 Å². The van der Waals surface area contributed by atoms with Crippen LogP contribution in [0.1, 0.15) is 35.0 Å². The number of nitrogens with zero attached hydrogens (tertiary/aromatic N) is 3. The number of aromatic nitrogens is 3. The molecular formula is C23H28N4O2S. The molecule has 1 amide bonds. The summed E-state index contributed by atoms with van der Waals surface area (Å²) in [5.74, 6) is 1.79. The van der Waals surface area contributed by atoms with Gasteiger partial charge in [0.1, 0.15) is 12.4 Å². The highest BCUT2D eigenvalue weighted by atomic mass is 32.2. The van der Waals surface area contributed by atoms with Crippen molar-refractivity contribution in [3.63, 3.8) is 0 Å². The molecule has 1 N–H and O–H groups in total. The van der Waals surface area contributed by atoms with E-state index in [9.17, 15) is 4.79 Å². The van der Waals surface area contributed by atoms with Crippen molar-refractivity contribution in [3.8, 4) is 5.75 Å². The van der Waals surface area contributed by atoms with Crippen LogP contribution in [-0.2, 0) is 17.9 Å². The van der Waals surface area contributed by atoms with Crippen LogP contribution in [0.3, 0.4) is 0 Å². The van der Waals surface area contributed by atoms with Crippen molar-refractivity contribution in [2.75, 3.05) is 11.1 Å². The lowest BCUT2D eigenvalue weighted by Crippen LogP contribution is -2.15. The van der Waals surface area contributed by atoms with E-state index in [1.807, 2.05) is 56.5 Å². The number of hydrogen-bond acceptors (Lipinski definition) is 5. The number of amides is 1. The third-order valence-corrected chi connectivity index (χ3v) is 5.75. The fourth-order valence-corrected chi connectivity index (χ4v) is 4.05. The first-order valence-corrected chi connectivity index (χ1v) is 11.0.